The Morgan fingerprint density at radius 3 is 2.14 bits per heavy atom. The fourth-order valence-corrected chi connectivity index (χ4v) is 1.69. The molecule has 6 nitrogen and oxygen atoms in total. The molecule has 0 aromatic carbocycles. The zero-order valence-electron chi connectivity index (χ0n) is 7.64. The lowest BCUT2D eigenvalue weighted by Crippen LogP contribution is -2.24. The van der Waals surface area contributed by atoms with Crippen LogP contribution in [0.1, 0.15) is 19.8 Å². The molecule has 3 unspecified atom stereocenters. The molecule has 0 amide bonds. The summed E-state index contributed by atoms with van der Waals surface area (Å²) in [7, 11) is -2.93. The molecule has 0 aliphatic carbocycles. The number of hydrogen-bond acceptors (Lipinski definition) is 3. The van der Waals surface area contributed by atoms with Crippen LogP contribution >= 0.6 is 8.03 Å². The molecule has 0 saturated carbocycles. The van der Waals surface area contributed by atoms with Gasteiger partial charge >= 0.3 is 11.9 Å². The predicted molar refractivity (Wildman–Crippen MR) is 48.7 cm³/mol. The van der Waals surface area contributed by atoms with Crippen LogP contribution in [-0.4, -0.2) is 32.7 Å². The third-order valence-electron chi connectivity index (χ3n) is 1.98. The van der Waals surface area contributed by atoms with E-state index < -0.39 is 31.5 Å². The Morgan fingerprint density at radius 1 is 1.36 bits per heavy atom. The lowest BCUT2D eigenvalue weighted by molar-refractivity contribution is -0.142. The Labute approximate surface area is 81.4 Å². The van der Waals surface area contributed by atoms with Gasteiger partial charge in [-0.05, 0) is 6.42 Å². The maximum atomic E-state index is 10.7. The van der Waals surface area contributed by atoms with E-state index >= 15 is 0 Å². The van der Waals surface area contributed by atoms with Crippen molar-refractivity contribution in [2.75, 3.05) is 0 Å². The van der Waals surface area contributed by atoms with Crippen LogP contribution in [0.25, 0.3) is 0 Å². The summed E-state index contributed by atoms with van der Waals surface area (Å²) in [6, 6.07) is 0. The van der Waals surface area contributed by atoms with Gasteiger partial charge in [0.25, 0.3) is 0 Å². The van der Waals surface area contributed by atoms with E-state index in [0.717, 1.165) is 0 Å². The molecule has 3 N–H and O–H groups in total. The molecule has 82 valence electrons. The molecule has 14 heavy (non-hydrogen) atoms. The van der Waals surface area contributed by atoms with Gasteiger partial charge < -0.3 is 15.1 Å². The highest BCUT2D eigenvalue weighted by Gasteiger charge is 2.28. The van der Waals surface area contributed by atoms with Crippen molar-refractivity contribution in [2.45, 2.75) is 25.4 Å². The number of carboxylic acid groups (broad SMARTS) is 2. The van der Waals surface area contributed by atoms with E-state index in [1.807, 2.05) is 0 Å². The van der Waals surface area contributed by atoms with E-state index in [4.69, 9.17) is 15.1 Å². The third-order valence-corrected chi connectivity index (χ3v) is 3.16. The summed E-state index contributed by atoms with van der Waals surface area (Å²) in [5, 5.41) is 17.0. The van der Waals surface area contributed by atoms with Crippen LogP contribution in [0.5, 0.6) is 0 Å². The van der Waals surface area contributed by atoms with Gasteiger partial charge in [0.1, 0.15) is 0 Å². The topological polar surface area (TPSA) is 112 Å². The highest BCUT2D eigenvalue weighted by Crippen LogP contribution is 2.31. The maximum Gasteiger partial charge on any atom is 0.307 e. The normalized spacial score (nSPS) is 17.0. The first-order valence-electron chi connectivity index (χ1n) is 4.03. The predicted octanol–water partition coefficient (Wildman–Crippen LogP) is 0.407. The summed E-state index contributed by atoms with van der Waals surface area (Å²) in [6.45, 7) is 1.34. The Hall–Kier alpha value is -0.870. The fourth-order valence-electron chi connectivity index (χ4n) is 1.04. The minimum Gasteiger partial charge on any atom is -0.481 e. The standard InChI is InChI=1S/C7H13O6P/c1-4(14(12)13)5(7(10)11)2-3-6(8)9/h4-5,14H,2-3H2,1H3,(H,8,9)(H,10,11)(H,12,13). The highest BCUT2D eigenvalue weighted by molar-refractivity contribution is 7.38. The first kappa shape index (κ1) is 13.1. The fraction of sp³-hybridized carbons (Fsp3) is 0.714. The molecule has 0 fully saturated rings. The summed E-state index contributed by atoms with van der Waals surface area (Å²) in [5.41, 5.74) is -0.892. The number of carboxylic acids is 2. The third kappa shape index (κ3) is 4.39. The molecule has 0 aliphatic rings. The van der Waals surface area contributed by atoms with Crippen molar-refractivity contribution in [2.24, 2.45) is 5.92 Å². The minimum atomic E-state index is -2.93. The summed E-state index contributed by atoms with van der Waals surface area (Å²) in [6.07, 6.45) is -0.431. The zero-order valence-corrected chi connectivity index (χ0v) is 8.64. The molecule has 0 aromatic rings. The SMILES string of the molecule is CC(C(CCC(=O)O)C(=O)O)[PH](=O)O. The molecule has 0 radical (unpaired) electrons. The van der Waals surface area contributed by atoms with Crippen molar-refractivity contribution < 1.29 is 29.3 Å². The van der Waals surface area contributed by atoms with E-state index in [1.165, 1.54) is 6.92 Å². The van der Waals surface area contributed by atoms with Crippen molar-refractivity contribution in [3.8, 4) is 0 Å². The van der Waals surface area contributed by atoms with Gasteiger partial charge in [0, 0.05) is 12.1 Å². The average molecular weight is 224 g/mol. The number of hydrogen-bond donors (Lipinski definition) is 3. The van der Waals surface area contributed by atoms with Crippen LogP contribution in [0.2, 0.25) is 0 Å². The number of rotatable bonds is 6. The summed E-state index contributed by atoms with van der Waals surface area (Å²) in [5.74, 6) is -3.41. The maximum absolute atomic E-state index is 10.7. The molecule has 0 aliphatic heterocycles. The van der Waals surface area contributed by atoms with Crippen LogP contribution < -0.4 is 0 Å². The average Bonchev–Trinajstić information content (AvgIpc) is 2.02. The largest absolute Gasteiger partial charge is 0.481 e. The Bertz CT molecular complexity index is 251. The Kier molecular flexibility index (Phi) is 5.42. The van der Waals surface area contributed by atoms with Gasteiger partial charge in [0.2, 0.25) is 0 Å². The molecule has 0 heterocycles. The molecular formula is C7H13O6P. The Balaban J connectivity index is 4.37. The van der Waals surface area contributed by atoms with Gasteiger partial charge in [-0.3, -0.25) is 14.2 Å². The molecule has 0 spiro atoms. The Morgan fingerprint density at radius 2 is 1.86 bits per heavy atom. The van der Waals surface area contributed by atoms with Crippen LogP contribution in [-0.2, 0) is 14.2 Å². The van der Waals surface area contributed by atoms with E-state index in [9.17, 15) is 14.2 Å². The second-order valence-corrected chi connectivity index (χ2v) is 4.59. The lowest BCUT2D eigenvalue weighted by Gasteiger charge is -2.16. The lowest BCUT2D eigenvalue weighted by atomic mass is 10.0. The van der Waals surface area contributed by atoms with Crippen LogP contribution in [0, 0.1) is 5.92 Å². The first-order chi connectivity index (χ1) is 6.36. The van der Waals surface area contributed by atoms with Crippen molar-refractivity contribution >= 4 is 20.0 Å². The number of aliphatic carboxylic acids is 2. The van der Waals surface area contributed by atoms with E-state index in [2.05, 4.69) is 0 Å². The zero-order chi connectivity index (χ0) is 11.3. The molecule has 7 heteroatoms. The smallest absolute Gasteiger partial charge is 0.307 e. The van der Waals surface area contributed by atoms with Gasteiger partial charge in [-0.15, -0.1) is 0 Å². The quantitative estimate of drug-likeness (QED) is 0.563. The van der Waals surface area contributed by atoms with Crippen LogP contribution in [0.15, 0.2) is 0 Å². The molecule has 0 saturated heterocycles. The van der Waals surface area contributed by atoms with Crippen LogP contribution in [0.3, 0.4) is 0 Å². The van der Waals surface area contributed by atoms with Crippen molar-refractivity contribution in [1.29, 1.82) is 0 Å². The van der Waals surface area contributed by atoms with Crippen molar-refractivity contribution in [1.82, 2.24) is 0 Å². The monoisotopic (exact) mass is 224 g/mol. The van der Waals surface area contributed by atoms with E-state index in [1.54, 1.807) is 0 Å². The second kappa shape index (κ2) is 5.78. The van der Waals surface area contributed by atoms with Gasteiger partial charge in [-0.2, -0.15) is 0 Å². The minimum absolute atomic E-state index is 0.122. The molecule has 0 aromatic heterocycles. The summed E-state index contributed by atoms with van der Waals surface area (Å²) < 4.78 is 10.7. The van der Waals surface area contributed by atoms with E-state index in [-0.39, 0.29) is 12.8 Å². The van der Waals surface area contributed by atoms with Gasteiger partial charge in [0.05, 0.1) is 5.92 Å². The van der Waals surface area contributed by atoms with Gasteiger partial charge in [-0.1, -0.05) is 6.92 Å². The van der Waals surface area contributed by atoms with Crippen molar-refractivity contribution in [3.63, 3.8) is 0 Å². The highest BCUT2D eigenvalue weighted by atomic mass is 31.1. The van der Waals surface area contributed by atoms with Crippen molar-refractivity contribution in [3.05, 3.63) is 0 Å². The summed E-state index contributed by atoms with van der Waals surface area (Å²) >= 11 is 0. The molecule has 0 bridgehead atoms. The summed E-state index contributed by atoms with van der Waals surface area (Å²) in [4.78, 5) is 29.6. The molecule has 0 rings (SSSR count). The van der Waals surface area contributed by atoms with E-state index in [0.29, 0.717) is 0 Å². The number of carbonyl (C=O) groups is 2. The second-order valence-electron chi connectivity index (χ2n) is 3.00. The molecular weight excluding hydrogens is 211 g/mol. The van der Waals surface area contributed by atoms with Gasteiger partial charge in [0.15, 0.2) is 8.03 Å². The molecule has 3 atom stereocenters. The van der Waals surface area contributed by atoms with Crippen LogP contribution in [0.4, 0.5) is 0 Å². The van der Waals surface area contributed by atoms with Gasteiger partial charge in [-0.25, -0.2) is 0 Å². The first-order valence-corrected chi connectivity index (χ1v) is 5.47.